The average molecular weight is 417 g/mol. The lowest BCUT2D eigenvalue weighted by molar-refractivity contribution is -0.135. The van der Waals surface area contributed by atoms with E-state index in [1.54, 1.807) is 25.3 Å². The minimum absolute atomic E-state index is 0.125. The minimum Gasteiger partial charge on any atom is -0.497 e. The van der Waals surface area contributed by atoms with Crippen LogP contribution in [0.25, 0.3) is 0 Å². The standard InChI is InChI=1S/C24H23N3O4/c1-13-5-7-14(8-6-13)27-21(28)19-18-4-3-11-26(18)24(20(19)22(27)29)16-12-15(31-2)9-10-17(16)25-23(24)30/h5-10,12,18-20H,3-4,11H2,1-2H3,(H,25,30)/t18-,19+,20+,24+/m0/s1. The molecular weight excluding hydrogens is 394 g/mol. The highest BCUT2D eigenvalue weighted by Crippen LogP contribution is 2.61. The second kappa shape index (κ2) is 6.17. The summed E-state index contributed by atoms with van der Waals surface area (Å²) in [4.78, 5) is 44.5. The molecule has 3 saturated heterocycles. The van der Waals surface area contributed by atoms with E-state index in [4.69, 9.17) is 4.74 Å². The van der Waals surface area contributed by atoms with Crippen LogP contribution in [-0.4, -0.2) is 42.3 Å². The van der Waals surface area contributed by atoms with Crippen molar-refractivity contribution < 1.29 is 19.1 Å². The Hall–Kier alpha value is -3.19. The van der Waals surface area contributed by atoms with Crippen LogP contribution in [-0.2, 0) is 19.9 Å². The first kappa shape index (κ1) is 18.6. The summed E-state index contributed by atoms with van der Waals surface area (Å²) in [5.41, 5.74) is 1.87. The van der Waals surface area contributed by atoms with Gasteiger partial charge in [0.15, 0.2) is 0 Å². The van der Waals surface area contributed by atoms with E-state index in [9.17, 15) is 14.4 Å². The van der Waals surface area contributed by atoms with Crippen LogP contribution in [0, 0.1) is 18.8 Å². The topological polar surface area (TPSA) is 79.0 Å². The predicted octanol–water partition coefficient (Wildman–Crippen LogP) is 2.43. The average Bonchev–Trinajstić information content (AvgIpc) is 3.47. The minimum atomic E-state index is -1.18. The van der Waals surface area contributed by atoms with Gasteiger partial charge in [0.1, 0.15) is 11.3 Å². The maximum atomic E-state index is 13.9. The van der Waals surface area contributed by atoms with E-state index in [-0.39, 0.29) is 23.8 Å². The zero-order chi connectivity index (χ0) is 21.5. The molecular formula is C24H23N3O4. The molecule has 3 fully saturated rings. The number of rotatable bonds is 2. The number of hydrogen-bond acceptors (Lipinski definition) is 5. The number of nitrogens with zero attached hydrogens (tertiary/aromatic N) is 2. The third-order valence-corrected chi connectivity index (χ3v) is 7.49. The number of amides is 3. The molecule has 0 aliphatic carbocycles. The summed E-state index contributed by atoms with van der Waals surface area (Å²) in [7, 11) is 1.58. The molecule has 4 aliphatic heterocycles. The smallest absolute Gasteiger partial charge is 0.250 e. The summed E-state index contributed by atoms with van der Waals surface area (Å²) in [6.45, 7) is 2.65. The molecule has 3 amide bonds. The Kier molecular flexibility index (Phi) is 3.69. The van der Waals surface area contributed by atoms with Gasteiger partial charge in [0.25, 0.3) is 0 Å². The van der Waals surface area contributed by atoms with Crippen LogP contribution >= 0.6 is 0 Å². The molecule has 4 heterocycles. The Morgan fingerprint density at radius 3 is 2.58 bits per heavy atom. The van der Waals surface area contributed by atoms with E-state index in [2.05, 4.69) is 10.2 Å². The van der Waals surface area contributed by atoms with Gasteiger partial charge in [-0.15, -0.1) is 0 Å². The Bertz CT molecular complexity index is 1140. The Morgan fingerprint density at radius 1 is 1.06 bits per heavy atom. The van der Waals surface area contributed by atoms with Crippen molar-refractivity contribution in [2.75, 3.05) is 23.9 Å². The van der Waals surface area contributed by atoms with Gasteiger partial charge in [0, 0.05) is 17.3 Å². The second-order valence-electron chi connectivity index (χ2n) is 8.89. The summed E-state index contributed by atoms with van der Waals surface area (Å²) in [6.07, 6.45) is 1.70. The summed E-state index contributed by atoms with van der Waals surface area (Å²) in [5.74, 6) is -1.36. The highest BCUT2D eigenvalue weighted by atomic mass is 16.5. The van der Waals surface area contributed by atoms with Crippen molar-refractivity contribution in [2.45, 2.75) is 31.3 Å². The van der Waals surface area contributed by atoms with Crippen LogP contribution in [0.1, 0.15) is 24.0 Å². The van der Waals surface area contributed by atoms with Crippen molar-refractivity contribution in [3.63, 3.8) is 0 Å². The molecule has 158 valence electrons. The van der Waals surface area contributed by atoms with E-state index < -0.39 is 17.4 Å². The molecule has 2 aromatic rings. The number of fused-ring (bicyclic) bond motifs is 7. The van der Waals surface area contributed by atoms with Crippen molar-refractivity contribution in [1.82, 2.24) is 4.90 Å². The van der Waals surface area contributed by atoms with Crippen LogP contribution < -0.4 is 15.0 Å². The first-order valence-corrected chi connectivity index (χ1v) is 10.7. The van der Waals surface area contributed by atoms with Gasteiger partial charge in [-0.2, -0.15) is 0 Å². The van der Waals surface area contributed by atoms with E-state index in [0.29, 0.717) is 23.7 Å². The van der Waals surface area contributed by atoms with Gasteiger partial charge >= 0.3 is 0 Å². The molecule has 0 radical (unpaired) electrons. The van der Waals surface area contributed by atoms with Crippen molar-refractivity contribution in [1.29, 1.82) is 0 Å². The zero-order valence-electron chi connectivity index (χ0n) is 17.4. The number of methoxy groups -OCH3 is 1. The van der Waals surface area contributed by atoms with E-state index >= 15 is 0 Å². The highest BCUT2D eigenvalue weighted by Gasteiger charge is 2.74. The molecule has 4 atom stereocenters. The van der Waals surface area contributed by atoms with Crippen molar-refractivity contribution in [3.8, 4) is 5.75 Å². The molecule has 0 saturated carbocycles. The van der Waals surface area contributed by atoms with Gasteiger partial charge in [0.2, 0.25) is 17.7 Å². The highest BCUT2D eigenvalue weighted by molar-refractivity contribution is 6.25. The fraction of sp³-hybridized carbons (Fsp3) is 0.375. The Labute approximate surface area is 180 Å². The van der Waals surface area contributed by atoms with Crippen molar-refractivity contribution >= 4 is 29.1 Å². The molecule has 4 aliphatic rings. The fourth-order valence-electron chi connectivity index (χ4n) is 6.26. The monoisotopic (exact) mass is 417 g/mol. The number of imide groups is 1. The van der Waals surface area contributed by atoms with Gasteiger partial charge in [-0.1, -0.05) is 17.7 Å². The maximum absolute atomic E-state index is 13.9. The largest absolute Gasteiger partial charge is 0.497 e. The van der Waals surface area contributed by atoms with Gasteiger partial charge in [-0.25, -0.2) is 4.90 Å². The van der Waals surface area contributed by atoms with E-state index in [1.807, 2.05) is 31.2 Å². The molecule has 2 aromatic carbocycles. The summed E-state index contributed by atoms with van der Waals surface area (Å²) in [5, 5.41) is 2.99. The van der Waals surface area contributed by atoms with E-state index in [1.165, 1.54) is 4.90 Å². The number of carbonyl (C=O) groups is 3. The van der Waals surface area contributed by atoms with Gasteiger partial charge in [0.05, 0.1) is 24.6 Å². The number of anilines is 2. The summed E-state index contributed by atoms with van der Waals surface area (Å²) < 4.78 is 5.43. The lowest BCUT2D eigenvalue weighted by Gasteiger charge is -2.36. The number of ether oxygens (including phenoxy) is 1. The molecule has 6 rings (SSSR count). The number of benzene rings is 2. The lowest BCUT2D eigenvalue weighted by Crippen LogP contribution is -2.54. The quantitative estimate of drug-likeness (QED) is 0.760. The van der Waals surface area contributed by atoms with E-state index in [0.717, 1.165) is 24.0 Å². The molecule has 1 N–H and O–H groups in total. The van der Waals surface area contributed by atoms with Gasteiger partial charge in [-0.3, -0.25) is 19.3 Å². The van der Waals surface area contributed by atoms with Crippen LogP contribution in [0.3, 0.4) is 0 Å². The maximum Gasteiger partial charge on any atom is 0.250 e. The summed E-state index contributed by atoms with van der Waals surface area (Å²) in [6, 6.07) is 12.7. The van der Waals surface area contributed by atoms with Crippen LogP contribution in [0.2, 0.25) is 0 Å². The number of hydrogen-bond donors (Lipinski definition) is 1. The Balaban J connectivity index is 1.55. The van der Waals surface area contributed by atoms with Crippen molar-refractivity contribution in [3.05, 3.63) is 53.6 Å². The molecule has 0 bridgehead atoms. The molecule has 31 heavy (non-hydrogen) atoms. The van der Waals surface area contributed by atoms with Gasteiger partial charge in [-0.05, 0) is 56.6 Å². The first-order valence-electron chi connectivity index (χ1n) is 10.7. The van der Waals surface area contributed by atoms with Crippen LogP contribution in [0.15, 0.2) is 42.5 Å². The first-order chi connectivity index (χ1) is 15.0. The molecule has 7 nitrogen and oxygen atoms in total. The lowest BCUT2D eigenvalue weighted by atomic mass is 9.75. The third-order valence-electron chi connectivity index (χ3n) is 7.49. The number of nitrogens with one attached hydrogen (secondary N) is 1. The second-order valence-corrected chi connectivity index (χ2v) is 8.89. The van der Waals surface area contributed by atoms with Crippen LogP contribution in [0.4, 0.5) is 11.4 Å². The number of carbonyl (C=O) groups excluding carboxylic acids is 3. The SMILES string of the molecule is COc1ccc2c(c1)[C@]1(C(=O)N2)[C@H]2C(=O)N(c3ccc(C)cc3)C(=O)[C@@H]2[C@@H]2CCCN21. The molecule has 0 unspecified atom stereocenters. The van der Waals surface area contributed by atoms with Crippen molar-refractivity contribution in [2.24, 2.45) is 11.8 Å². The zero-order valence-corrected chi connectivity index (χ0v) is 17.4. The number of aryl methyl sites for hydroxylation is 1. The normalized spacial score (nSPS) is 31.2. The molecule has 1 spiro atoms. The third kappa shape index (κ3) is 2.14. The predicted molar refractivity (Wildman–Crippen MR) is 114 cm³/mol. The summed E-state index contributed by atoms with van der Waals surface area (Å²) >= 11 is 0. The van der Waals surface area contributed by atoms with Crippen LogP contribution in [0.5, 0.6) is 5.75 Å². The molecule has 0 aromatic heterocycles. The molecule has 7 heteroatoms. The van der Waals surface area contributed by atoms with Gasteiger partial charge < -0.3 is 10.1 Å². The Morgan fingerprint density at radius 2 is 1.84 bits per heavy atom. The fourth-order valence-corrected chi connectivity index (χ4v) is 6.26.